The predicted octanol–water partition coefficient (Wildman–Crippen LogP) is 2.93. The number of aromatic nitrogens is 1. The van der Waals surface area contributed by atoms with Crippen molar-refractivity contribution in [3.05, 3.63) is 35.5 Å². The molecule has 0 radical (unpaired) electrons. The average Bonchev–Trinajstić information content (AvgIpc) is 2.83. The molecule has 1 unspecified atom stereocenters. The molecule has 0 aliphatic carbocycles. The minimum Gasteiger partial charge on any atom is -0.391 e. The van der Waals surface area contributed by atoms with E-state index in [2.05, 4.69) is 35.4 Å². The smallest absolute Gasteiger partial charge is 0.220 e. The molecule has 2 aromatic rings. The van der Waals surface area contributed by atoms with Gasteiger partial charge in [0.15, 0.2) is 0 Å². The summed E-state index contributed by atoms with van der Waals surface area (Å²) in [5.74, 6) is -0.0229. The first-order chi connectivity index (χ1) is 10.3. The number of hydrogen-bond acceptors (Lipinski definition) is 2. The van der Waals surface area contributed by atoms with Crippen molar-refractivity contribution >= 4 is 16.8 Å². The van der Waals surface area contributed by atoms with Crippen LogP contribution in [0.25, 0.3) is 10.9 Å². The summed E-state index contributed by atoms with van der Waals surface area (Å²) in [7, 11) is 0. The summed E-state index contributed by atoms with van der Waals surface area (Å²) < 4.78 is 0. The van der Waals surface area contributed by atoms with Gasteiger partial charge in [0.2, 0.25) is 5.91 Å². The maximum absolute atomic E-state index is 11.9. The van der Waals surface area contributed by atoms with Crippen LogP contribution in [0.5, 0.6) is 0 Å². The first-order valence-electron chi connectivity index (χ1n) is 7.79. The molecule has 4 heteroatoms. The Bertz CT molecular complexity index is 653. The predicted molar refractivity (Wildman–Crippen MR) is 89.8 cm³/mol. The van der Waals surface area contributed by atoms with E-state index in [-0.39, 0.29) is 11.3 Å². The number of aliphatic hydroxyl groups is 1. The fourth-order valence-corrected chi connectivity index (χ4v) is 2.35. The molecule has 0 aliphatic rings. The van der Waals surface area contributed by atoms with Crippen molar-refractivity contribution in [1.82, 2.24) is 10.3 Å². The maximum Gasteiger partial charge on any atom is 0.220 e. The van der Waals surface area contributed by atoms with Crippen molar-refractivity contribution in [2.45, 2.75) is 46.6 Å². The summed E-state index contributed by atoms with van der Waals surface area (Å²) in [5, 5.41) is 13.9. The number of aryl methyl sites for hydroxylation is 2. The fraction of sp³-hybridized carbons (Fsp3) is 0.500. The molecule has 2 rings (SSSR count). The third-order valence-electron chi connectivity index (χ3n) is 4.04. The third kappa shape index (κ3) is 4.10. The molecule has 0 spiro atoms. The lowest BCUT2D eigenvalue weighted by Crippen LogP contribution is -2.39. The van der Waals surface area contributed by atoms with Gasteiger partial charge >= 0.3 is 0 Å². The number of amides is 1. The minimum absolute atomic E-state index is 0.0229. The van der Waals surface area contributed by atoms with Gasteiger partial charge < -0.3 is 15.4 Å². The lowest BCUT2D eigenvalue weighted by molar-refractivity contribution is -0.121. The Hall–Kier alpha value is -1.81. The summed E-state index contributed by atoms with van der Waals surface area (Å²) in [6, 6.07) is 6.28. The second kappa shape index (κ2) is 6.53. The van der Waals surface area contributed by atoms with Crippen LogP contribution in [-0.2, 0) is 11.2 Å². The SMILES string of the molecule is Cc1ccc2[nH]cc(CCC(=O)NCC(O)C(C)(C)C)c2c1. The van der Waals surface area contributed by atoms with Gasteiger partial charge in [-0.25, -0.2) is 0 Å². The number of carbonyl (C=O) groups is 1. The summed E-state index contributed by atoms with van der Waals surface area (Å²) in [5.41, 5.74) is 3.25. The molecule has 0 saturated carbocycles. The topological polar surface area (TPSA) is 65.1 Å². The van der Waals surface area contributed by atoms with Crippen molar-refractivity contribution < 1.29 is 9.90 Å². The van der Waals surface area contributed by atoms with Gasteiger partial charge in [0.05, 0.1) is 6.10 Å². The number of rotatable bonds is 5. The van der Waals surface area contributed by atoms with Gasteiger partial charge in [0.1, 0.15) is 0 Å². The maximum atomic E-state index is 11.9. The van der Waals surface area contributed by atoms with E-state index >= 15 is 0 Å². The monoisotopic (exact) mass is 302 g/mol. The van der Waals surface area contributed by atoms with E-state index in [0.29, 0.717) is 19.4 Å². The Morgan fingerprint density at radius 3 is 2.77 bits per heavy atom. The normalized spacial score (nSPS) is 13.3. The second-order valence-electron chi connectivity index (χ2n) is 7.05. The number of nitrogens with one attached hydrogen (secondary N) is 2. The van der Waals surface area contributed by atoms with Gasteiger partial charge in [-0.2, -0.15) is 0 Å². The van der Waals surface area contributed by atoms with Crippen molar-refractivity contribution in [1.29, 1.82) is 0 Å². The van der Waals surface area contributed by atoms with Crippen molar-refractivity contribution in [2.24, 2.45) is 5.41 Å². The van der Waals surface area contributed by atoms with Gasteiger partial charge in [-0.05, 0) is 36.5 Å². The van der Waals surface area contributed by atoms with E-state index < -0.39 is 6.10 Å². The fourth-order valence-electron chi connectivity index (χ4n) is 2.35. The van der Waals surface area contributed by atoms with Gasteiger partial charge in [0.25, 0.3) is 0 Å². The highest BCUT2D eigenvalue weighted by Gasteiger charge is 2.22. The van der Waals surface area contributed by atoms with Crippen molar-refractivity contribution in [3.63, 3.8) is 0 Å². The van der Waals surface area contributed by atoms with Crippen molar-refractivity contribution in [3.8, 4) is 0 Å². The zero-order valence-corrected chi connectivity index (χ0v) is 13.9. The number of fused-ring (bicyclic) bond motifs is 1. The molecular weight excluding hydrogens is 276 g/mol. The van der Waals surface area contributed by atoms with Crippen LogP contribution in [0.4, 0.5) is 0 Å². The molecule has 4 nitrogen and oxygen atoms in total. The molecule has 0 fully saturated rings. The quantitative estimate of drug-likeness (QED) is 0.795. The van der Waals surface area contributed by atoms with Crippen LogP contribution in [0.15, 0.2) is 24.4 Å². The van der Waals surface area contributed by atoms with Crippen molar-refractivity contribution in [2.75, 3.05) is 6.54 Å². The number of aliphatic hydroxyl groups excluding tert-OH is 1. The van der Waals surface area contributed by atoms with Gasteiger partial charge in [-0.3, -0.25) is 4.79 Å². The minimum atomic E-state index is -0.535. The highest BCUT2D eigenvalue weighted by Crippen LogP contribution is 2.21. The molecule has 120 valence electrons. The first kappa shape index (κ1) is 16.6. The molecule has 1 aromatic carbocycles. The zero-order chi connectivity index (χ0) is 16.3. The summed E-state index contributed by atoms with van der Waals surface area (Å²) in [4.78, 5) is 15.2. The Balaban J connectivity index is 1.89. The van der Waals surface area contributed by atoms with Crippen LogP contribution in [0, 0.1) is 12.3 Å². The first-order valence-corrected chi connectivity index (χ1v) is 7.79. The Labute approximate surface area is 131 Å². The van der Waals surface area contributed by atoms with Crippen LogP contribution in [0.2, 0.25) is 0 Å². The second-order valence-corrected chi connectivity index (χ2v) is 7.05. The lowest BCUT2D eigenvalue weighted by atomic mass is 9.89. The number of aromatic amines is 1. The van der Waals surface area contributed by atoms with Crippen LogP contribution in [0.1, 0.15) is 38.3 Å². The van der Waals surface area contributed by atoms with Crippen LogP contribution in [-0.4, -0.2) is 28.6 Å². The number of hydrogen-bond donors (Lipinski definition) is 3. The van der Waals surface area contributed by atoms with E-state index in [4.69, 9.17) is 0 Å². The molecule has 0 saturated heterocycles. The number of H-pyrrole nitrogens is 1. The van der Waals surface area contributed by atoms with Crippen LogP contribution in [0.3, 0.4) is 0 Å². The molecular formula is C18H26N2O2. The summed E-state index contributed by atoms with van der Waals surface area (Å²) >= 11 is 0. The number of benzene rings is 1. The highest BCUT2D eigenvalue weighted by molar-refractivity contribution is 5.84. The Kier molecular flexibility index (Phi) is 4.91. The molecule has 3 N–H and O–H groups in total. The van der Waals surface area contributed by atoms with Crippen LogP contribution >= 0.6 is 0 Å². The summed E-state index contributed by atoms with van der Waals surface area (Å²) in [6.45, 7) is 8.24. The van der Waals surface area contributed by atoms with Gasteiger partial charge in [0, 0.05) is 30.1 Å². The summed E-state index contributed by atoms with van der Waals surface area (Å²) in [6.07, 6.45) is 2.56. The third-order valence-corrected chi connectivity index (χ3v) is 4.04. The van der Waals surface area contributed by atoms with E-state index in [1.54, 1.807) is 0 Å². The average molecular weight is 302 g/mol. The van der Waals surface area contributed by atoms with E-state index in [1.807, 2.05) is 27.0 Å². The molecule has 1 amide bonds. The molecule has 1 aromatic heterocycles. The largest absolute Gasteiger partial charge is 0.391 e. The zero-order valence-electron chi connectivity index (χ0n) is 13.9. The molecule has 22 heavy (non-hydrogen) atoms. The molecule has 1 atom stereocenters. The highest BCUT2D eigenvalue weighted by atomic mass is 16.3. The Morgan fingerprint density at radius 1 is 1.36 bits per heavy atom. The van der Waals surface area contributed by atoms with E-state index in [9.17, 15) is 9.90 Å². The molecule has 0 aliphatic heterocycles. The molecule has 0 bridgehead atoms. The number of carbonyl (C=O) groups excluding carboxylic acids is 1. The van der Waals surface area contributed by atoms with Gasteiger partial charge in [-0.15, -0.1) is 0 Å². The van der Waals surface area contributed by atoms with Crippen LogP contribution < -0.4 is 5.32 Å². The standard InChI is InChI=1S/C18H26N2O2/c1-12-5-7-15-14(9-12)13(10-19-15)6-8-17(22)20-11-16(21)18(2,3)4/h5,7,9-10,16,19,21H,6,8,11H2,1-4H3,(H,20,22). The molecule has 1 heterocycles. The lowest BCUT2D eigenvalue weighted by Gasteiger charge is -2.25. The Morgan fingerprint density at radius 2 is 2.09 bits per heavy atom. The van der Waals surface area contributed by atoms with Gasteiger partial charge in [-0.1, -0.05) is 32.4 Å². The van der Waals surface area contributed by atoms with E-state index in [0.717, 1.165) is 11.1 Å². The van der Waals surface area contributed by atoms with E-state index in [1.165, 1.54) is 10.9 Å².